The summed E-state index contributed by atoms with van der Waals surface area (Å²) < 4.78 is 24.0. The number of carbonyl (C=O) groups is 1. The Morgan fingerprint density at radius 2 is 2.00 bits per heavy atom. The highest BCUT2D eigenvalue weighted by molar-refractivity contribution is 6.32. The third kappa shape index (κ3) is 5.58. The summed E-state index contributed by atoms with van der Waals surface area (Å²) in [6.45, 7) is 7.43. The van der Waals surface area contributed by atoms with Gasteiger partial charge < -0.3 is 9.47 Å². The van der Waals surface area contributed by atoms with Gasteiger partial charge in [-0.2, -0.15) is 5.26 Å². The maximum absolute atomic E-state index is 13.2. The van der Waals surface area contributed by atoms with Crippen molar-refractivity contribution >= 4 is 23.6 Å². The maximum Gasteiger partial charge on any atom is 0.349 e. The Balaban J connectivity index is 2.31. The standard InChI is InChI=1S/C22H21ClFNO3/c1-13(2)28-22(26)17(11-25)9-16-7-14(3)8-18(15(16)4)12-27-21-6-5-19(24)10-20(21)23/h5-10,13H,12H2,1-4H3. The number of esters is 1. The van der Waals surface area contributed by atoms with Crippen LogP contribution in [0.25, 0.3) is 6.08 Å². The van der Waals surface area contributed by atoms with Gasteiger partial charge in [0.15, 0.2) is 0 Å². The SMILES string of the molecule is Cc1cc(C=C(C#N)C(=O)OC(C)C)c(C)c(COc2ccc(F)cc2Cl)c1. The first kappa shape index (κ1) is 21.5. The second-order valence-electron chi connectivity index (χ2n) is 6.63. The Hall–Kier alpha value is -2.84. The molecule has 0 aliphatic heterocycles. The van der Waals surface area contributed by atoms with Gasteiger partial charge in [0.05, 0.1) is 11.1 Å². The molecule has 0 aliphatic carbocycles. The van der Waals surface area contributed by atoms with E-state index in [4.69, 9.17) is 21.1 Å². The summed E-state index contributed by atoms with van der Waals surface area (Å²) in [6.07, 6.45) is 1.20. The van der Waals surface area contributed by atoms with Gasteiger partial charge in [-0.25, -0.2) is 9.18 Å². The van der Waals surface area contributed by atoms with Crippen LogP contribution in [0.1, 0.15) is 36.1 Å². The number of halogens is 2. The number of aryl methyl sites for hydroxylation is 1. The average Bonchev–Trinajstić information content (AvgIpc) is 2.61. The van der Waals surface area contributed by atoms with Crippen molar-refractivity contribution in [1.29, 1.82) is 5.26 Å². The molecule has 0 fully saturated rings. The van der Waals surface area contributed by atoms with E-state index in [-0.39, 0.29) is 23.3 Å². The van der Waals surface area contributed by atoms with Crippen LogP contribution in [0.15, 0.2) is 35.9 Å². The molecule has 0 bridgehead atoms. The second-order valence-corrected chi connectivity index (χ2v) is 7.03. The molecule has 0 saturated heterocycles. The molecule has 0 N–H and O–H groups in total. The van der Waals surface area contributed by atoms with Gasteiger partial charge in [0.1, 0.15) is 29.8 Å². The van der Waals surface area contributed by atoms with E-state index in [0.717, 1.165) is 22.3 Å². The first-order chi connectivity index (χ1) is 13.2. The molecule has 2 rings (SSSR count). The van der Waals surface area contributed by atoms with Crippen LogP contribution in [0.2, 0.25) is 5.02 Å². The molecule has 0 aliphatic rings. The monoisotopic (exact) mass is 401 g/mol. The summed E-state index contributed by atoms with van der Waals surface area (Å²) in [5.41, 5.74) is 3.31. The Kier molecular flexibility index (Phi) is 7.19. The molecule has 6 heteroatoms. The lowest BCUT2D eigenvalue weighted by atomic mass is 9.98. The summed E-state index contributed by atoms with van der Waals surface area (Å²) in [4.78, 5) is 12.1. The van der Waals surface area contributed by atoms with Gasteiger partial charge in [-0.05, 0) is 68.7 Å². The lowest BCUT2D eigenvalue weighted by molar-refractivity contribution is -0.142. The number of rotatable bonds is 6. The Morgan fingerprint density at radius 1 is 1.29 bits per heavy atom. The van der Waals surface area contributed by atoms with Crippen molar-refractivity contribution in [2.75, 3.05) is 0 Å². The smallest absolute Gasteiger partial charge is 0.349 e. The number of hydrogen-bond acceptors (Lipinski definition) is 4. The van der Waals surface area contributed by atoms with Crippen LogP contribution < -0.4 is 4.74 Å². The van der Waals surface area contributed by atoms with E-state index in [1.54, 1.807) is 13.8 Å². The van der Waals surface area contributed by atoms with Gasteiger partial charge in [0, 0.05) is 0 Å². The summed E-state index contributed by atoms with van der Waals surface area (Å²) in [5.74, 6) is -0.720. The summed E-state index contributed by atoms with van der Waals surface area (Å²) >= 11 is 6.00. The average molecular weight is 402 g/mol. The topological polar surface area (TPSA) is 59.3 Å². The number of nitrogens with zero attached hydrogens (tertiary/aromatic N) is 1. The third-order valence-electron chi connectivity index (χ3n) is 3.96. The van der Waals surface area contributed by atoms with Gasteiger partial charge in [-0.1, -0.05) is 29.3 Å². The van der Waals surface area contributed by atoms with Gasteiger partial charge in [-0.3, -0.25) is 0 Å². The van der Waals surface area contributed by atoms with Gasteiger partial charge in [0.2, 0.25) is 0 Å². The van der Waals surface area contributed by atoms with Crippen molar-refractivity contribution in [2.24, 2.45) is 0 Å². The van der Waals surface area contributed by atoms with E-state index in [0.29, 0.717) is 5.75 Å². The predicted molar refractivity (Wildman–Crippen MR) is 106 cm³/mol. The van der Waals surface area contributed by atoms with Crippen molar-refractivity contribution in [3.8, 4) is 11.8 Å². The van der Waals surface area contributed by atoms with Crippen molar-refractivity contribution in [3.05, 3.63) is 69.0 Å². The minimum absolute atomic E-state index is 0.0733. The maximum atomic E-state index is 13.2. The lowest BCUT2D eigenvalue weighted by Crippen LogP contribution is -2.13. The van der Waals surface area contributed by atoms with Crippen LogP contribution in [0.3, 0.4) is 0 Å². The zero-order chi connectivity index (χ0) is 20.8. The number of nitriles is 1. The summed E-state index contributed by atoms with van der Waals surface area (Å²) in [6, 6.07) is 9.66. The third-order valence-corrected chi connectivity index (χ3v) is 4.26. The first-order valence-corrected chi connectivity index (χ1v) is 9.09. The van der Waals surface area contributed by atoms with Crippen molar-refractivity contribution < 1.29 is 18.7 Å². The largest absolute Gasteiger partial charge is 0.487 e. The predicted octanol–water partition coefficient (Wildman–Crippen LogP) is 5.53. The van der Waals surface area contributed by atoms with Crippen LogP contribution in [0.5, 0.6) is 5.75 Å². The summed E-state index contributed by atoms with van der Waals surface area (Å²) in [7, 11) is 0. The highest BCUT2D eigenvalue weighted by atomic mass is 35.5. The molecule has 28 heavy (non-hydrogen) atoms. The molecule has 4 nitrogen and oxygen atoms in total. The minimum Gasteiger partial charge on any atom is -0.487 e. The van der Waals surface area contributed by atoms with Crippen molar-refractivity contribution in [2.45, 2.75) is 40.4 Å². The molecule has 0 amide bonds. The van der Waals surface area contributed by atoms with E-state index in [1.165, 1.54) is 24.3 Å². The van der Waals surface area contributed by atoms with Gasteiger partial charge in [-0.15, -0.1) is 0 Å². The zero-order valence-electron chi connectivity index (χ0n) is 16.2. The molecule has 146 valence electrons. The number of hydrogen-bond donors (Lipinski definition) is 0. The zero-order valence-corrected chi connectivity index (χ0v) is 16.9. The number of benzene rings is 2. The molecule has 0 radical (unpaired) electrons. The molecule has 0 saturated carbocycles. The minimum atomic E-state index is -0.658. The van der Waals surface area contributed by atoms with Crippen LogP contribution in [-0.2, 0) is 16.1 Å². The fraction of sp³-hybridized carbons (Fsp3) is 0.273. The molecule has 0 spiro atoms. The fourth-order valence-electron chi connectivity index (χ4n) is 2.58. The Labute approximate surface area is 169 Å². The van der Waals surface area contributed by atoms with Crippen LogP contribution >= 0.6 is 11.6 Å². The first-order valence-electron chi connectivity index (χ1n) is 8.72. The van der Waals surface area contributed by atoms with E-state index >= 15 is 0 Å². The van der Waals surface area contributed by atoms with Crippen LogP contribution in [-0.4, -0.2) is 12.1 Å². The fourth-order valence-corrected chi connectivity index (χ4v) is 2.80. The van der Waals surface area contributed by atoms with E-state index < -0.39 is 11.8 Å². The second kappa shape index (κ2) is 9.38. The Morgan fingerprint density at radius 3 is 2.61 bits per heavy atom. The normalized spacial score (nSPS) is 11.3. The molecule has 2 aromatic rings. The van der Waals surface area contributed by atoms with Crippen LogP contribution in [0.4, 0.5) is 4.39 Å². The summed E-state index contributed by atoms with van der Waals surface area (Å²) in [5, 5.41) is 9.50. The molecular formula is C22H21ClFNO3. The highest BCUT2D eigenvalue weighted by Gasteiger charge is 2.14. The van der Waals surface area contributed by atoms with Crippen molar-refractivity contribution in [3.63, 3.8) is 0 Å². The molecule has 0 atom stereocenters. The van der Waals surface area contributed by atoms with E-state index in [9.17, 15) is 14.4 Å². The number of carbonyl (C=O) groups excluding carboxylic acids is 1. The van der Waals surface area contributed by atoms with Crippen LogP contribution in [0, 0.1) is 31.0 Å². The lowest BCUT2D eigenvalue weighted by Gasteiger charge is -2.14. The van der Waals surface area contributed by atoms with Crippen molar-refractivity contribution in [1.82, 2.24) is 0 Å². The molecular weight excluding hydrogens is 381 g/mol. The van der Waals surface area contributed by atoms with Gasteiger partial charge in [0.25, 0.3) is 0 Å². The van der Waals surface area contributed by atoms with E-state index in [2.05, 4.69) is 0 Å². The molecule has 0 aromatic heterocycles. The van der Waals surface area contributed by atoms with E-state index in [1.807, 2.05) is 32.0 Å². The molecule has 0 heterocycles. The molecule has 0 unspecified atom stereocenters. The highest BCUT2D eigenvalue weighted by Crippen LogP contribution is 2.27. The Bertz CT molecular complexity index is 961. The van der Waals surface area contributed by atoms with Gasteiger partial charge >= 0.3 is 5.97 Å². The molecule has 2 aromatic carbocycles. The quantitative estimate of drug-likeness (QED) is 0.362. The number of ether oxygens (including phenoxy) is 2.